The highest BCUT2D eigenvalue weighted by Gasteiger charge is 2.12. The fourth-order valence-corrected chi connectivity index (χ4v) is 3.80. The smallest absolute Gasteiger partial charge is 0.337 e. The van der Waals surface area contributed by atoms with Gasteiger partial charge in [-0.25, -0.2) is 4.79 Å². The molecule has 188 valence electrons. The summed E-state index contributed by atoms with van der Waals surface area (Å²) in [5, 5.41) is 11.0. The molecule has 1 saturated heterocycles. The molecule has 9 heteroatoms. The van der Waals surface area contributed by atoms with E-state index in [1.54, 1.807) is 12.1 Å². The lowest BCUT2D eigenvalue weighted by Crippen LogP contribution is -2.35. The first-order valence-corrected chi connectivity index (χ1v) is 11.5. The van der Waals surface area contributed by atoms with E-state index in [4.69, 9.17) is 15.6 Å². The zero-order chi connectivity index (χ0) is 25.9. The van der Waals surface area contributed by atoms with Crippen LogP contribution in [0.2, 0.25) is 0 Å². The number of rotatable bonds is 8. The van der Waals surface area contributed by atoms with E-state index < -0.39 is 5.97 Å². The number of carbonyl (C=O) groups excluding carboxylic acids is 2. The summed E-state index contributed by atoms with van der Waals surface area (Å²) in [5.74, 6) is -1.40. The number of nitrogens with zero attached hydrogens (tertiary/aromatic N) is 2. The summed E-state index contributed by atoms with van der Waals surface area (Å²) in [6, 6.07) is 17.2. The highest BCUT2D eigenvalue weighted by Crippen LogP contribution is 2.25. The van der Waals surface area contributed by atoms with Crippen molar-refractivity contribution in [2.24, 2.45) is 5.73 Å². The zero-order valence-electron chi connectivity index (χ0n) is 20.1. The number of carbonyl (C=O) groups is 3. The number of carboxylic acid groups (broad SMARTS) is 1. The molecule has 2 aromatic carbocycles. The molecule has 0 spiro atoms. The van der Waals surface area contributed by atoms with E-state index in [0.717, 1.165) is 44.0 Å². The summed E-state index contributed by atoms with van der Waals surface area (Å²) in [4.78, 5) is 37.9. The van der Waals surface area contributed by atoms with Crippen LogP contribution in [0.1, 0.15) is 37.5 Å². The van der Waals surface area contributed by atoms with Gasteiger partial charge >= 0.3 is 5.97 Å². The Hall–Kier alpha value is -4.08. The number of nitrogens with two attached hydrogens (primary N) is 1. The monoisotopic (exact) mass is 490 g/mol. The highest BCUT2D eigenvalue weighted by molar-refractivity contribution is 5.93. The van der Waals surface area contributed by atoms with Gasteiger partial charge in [0.25, 0.3) is 0 Å². The van der Waals surface area contributed by atoms with E-state index in [0.29, 0.717) is 24.2 Å². The van der Waals surface area contributed by atoms with Gasteiger partial charge in [0.05, 0.1) is 31.0 Å². The number of pyridine rings is 1. The number of morpholine rings is 1. The van der Waals surface area contributed by atoms with Crippen LogP contribution in [0.15, 0.2) is 60.8 Å². The molecule has 3 aromatic rings. The van der Waals surface area contributed by atoms with Gasteiger partial charge in [-0.1, -0.05) is 24.3 Å². The molecule has 1 aliphatic rings. The van der Waals surface area contributed by atoms with E-state index in [1.165, 1.54) is 23.4 Å². The van der Waals surface area contributed by atoms with Crippen LogP contribution >= 0.6 is 0 Å². The Balaban J connectivity index is 0.000000236. The minimum absolute atomic E-state index is 0.134. The first kappa shape index (κ1) is 26.5. The number of hydrogen-bond donors (Lipinski definition) is 3. The average molecular weight is 491 g/mol. The van der Waals surface area contributed by atoms with Gasteiger partial charge in [0.2, 0.25) is 12.3 Å². The largest absolute Gasteiger partial charge is 0.478 e. The van der Waals surface area contributed by atoms with Crippen molar-refractivity contribution in [3.05, 3.63) is 88.7 Å². The van der Waals surface area contributed by atoms with E-state index in [9.17, 15) is 14.4 Å². The third kappa shape index (κ3) is 7.72. The number of benzene rings is 2. The van der Waals surface area contributed by atoms with Crippen molar-refractivity contribution in [3.63, 3.8) is 0 Å². The van der Waals surface area contributed by atoms with E-state index in [1.807, 2.05) is 19.1 Å². The Labute approximate surface area is 209 Å². The van der Waals surface area contributed by atoms with Crippen molar-refractivity contribution < 1.29 is 24.2 Å². The Morgan fingerprint density at radius 2 is 1.86 bits per heavy atom. The normalized spacial score (nSPS) is 13.2. The second-order valence-corrected chi connectivity index (χ2v) is 8.32. The number of carboxylic acids is 1. The van der Waals surface area contributed by atoms with Gasteiger partial charge in [-0.15, -0.1) is 0 Å². The SMILES string of the molecule is Cc1cc(C(N)=O)ccc1-c1cccc(CN2CCOCC2)c1.O=CNCc1ccc(C(=O)O)cn1. The van der Waals surface area contributed by atoms with Crippen molar-refractivity contribution in [1.29, 1.82) is 0 Å². The van der Waals surface area contributed by atoms with Crippen molar-refractivity contribution in [3.8, 4) is 11.1 Å². The summed E-state index contributed by atoms with van der Waals surface area (Å²) >= 11 is 0. The number of hydrogen-bond acceptors (Lipinski definition) is 6. The van der Waals surface area contributed by atoms with Gasteiger partial charge < -0.3 is 20.9 Å². The summed E-state index contributed by atoms with van der Waals surface area (Å²) in [6.45, 7) is 6.85. The second-order valence-electron chi connectivity index (χ2n) is 8.32. The van der Waals surface area contributed by atoms with Crippen molar-refractivity contribution in [2.45, 2.75) is 20.0 Å². The van der Waals surface area contributed by atoms with Crippen LogP contribution in [0.5, 0.6) is 0 Å². The number of aryl methyl sites for hydroxylation is 1. The van der Waals surface area contributed by atoms with E-state index in [2.05, 4.69) is 39.5 Å². The molecular formula is C27H30N4O5. The van der Waals surface area contributed by atoms with Gasteiger partial charge in [0.1, 0.15) is 0 Å². The fourth-order valence-electron chi connectivity index (χ4n) is 3.80. The predicted molar refractivity (Wildman–Crippen MR) is 135 cm³/mol. The molecule has 9 nitrogen and oxygen atoms in total. The molecule has 1 aromatic heterocycles. The second kappa shape index (κ2) is 13.1. The first-order chi connectivity index (χ1) is 17.4. The Kier molecular flexibility index (Phi) is 9.67. The first-order valence-electron chi connectivity index (χ1n) is 11.5. The maximum atomic E-state index is 11.3. The number of aromatic nitrogens is 1. The molecule has 2 amide bonds. The van der Waals surface area contributed by atoms with Gasteiger partial charge in [-0.05, 0) is 59.5 Å². The zero-order valence-corrected chi connectivity index (χ0v) is 20.1. The maximum absolute atomic E-state index is 11.3. The van der Waals surface area contributed by atoms with Gasteiger partial charge in [0, 0.05) is 31.4 Å². The molecule has 4 rings (SSSR count). The highest BCUT2D eigenvalue weighted by atomic mass is 16.5. The summed E-state index contributed by atoms with van der Waals surface area (Å²) in [7, 11) is 0. The Morgan fingerprint density at radius 1 is 1.11 bits per heavy atom. The van der Waals surface area contributed by atoms with Crippen LogP contribution in [0.25, 0.3) is 11.1 Å². The maximum Gasteiger partial charge on any atom is 0.337 e. The third-order valence-corrected chi connectivity index (χ3v) is 5.70. The standard InChI is InChI=1S/C19H22N2O2.C8H8N2O3/c1-14-11-17(19(20)22)5-6-18(14)16-4-2-3-15(12-16)13-21-7-9-23-10-8-21;11-5-9-4-7-2-1-6(3-10-7)8(12)13/h2-6,11-12H,7-10,13H2,1H3,(H2,20,22);1-3,5H,4H2,(H,9,11)(H,12,13). The minimum atomic E-state index is -1.01. The summed E-state index contributed by atoms with van der Waals surface area (Å²) in [6.07, 6.45) is 1.82. The molecule has 2 heterocycles. The van der Waals surface area contributed by atoms with Crippen molar-refractivity contribution in [2.75, 3.05) is 26.3 Å². The Morgan fingerprint density at radius 3 is 2.47 bits per heavy atom. The van der Waals surface area contributed by atoms with Gasteiger partial charge in [-0.3, -0.25) is 19.5 Å². The molecular weight excluding hydrogens is 460 g/mol. The Bertz CT molecular complexity index is 1190. The van der Waals surface area contributed by atoms with Crippen LogP contribution in [-0.4, -0.2) is 59.6 Å². The number of amides is 2. The molecule has 0 aliphatic carbocycles. The fraction of sp³-hybridized carbons (Fsp3) is 0.259. The number of nitrogens with one attached hydrogen (secondary N) is 1. The van der Waals surface area contributed by atoms with E-state index >= 15 is 0 Å². The molecule has 0 saturated carbocycles. The quantitative estimate of drug-likeness (QED) is 0.413. The molecule has 36 heavy (non-hydrogen) atoms. The van der Waals surface area contributed by atoms with Crippen LogP contribution < -0.4 is 11.1 Å². The molecule has 0 bridgehead atoms. The minimum Gasteiger partial charge on any atom is -0.478 e. The van der Waals surface area contributed by atoms with Crippen LogP contribution in [-0.2, 0) is 22.6 Å². The summed E-state index contributed by atoms with van der Waals surface area (Å²) in [5.41, 5.74) is 11.3. The molecule has 1 fully saturated rings. The molecule has 0 unspecified atom stereocenters. The van der Waals surface area contributed by atoms with Crippen molar-refractivity contribution in [1.82, 2.24) is 15.2 Å². The third-order valence-electron chi connectivity index (χ3n) is 5.70. The van der Waals surface area contributed by atoms with Gasteiger partial charge in [-0.2, -0.15) is 0 Å². The molecule has 0 radical (unpaired) electrons. The predicted octanol–water partition coefficient (Wildman–Crippen LogP) is 2.62. The molecule has 4 N–H and O–H groups in total. The lowest BCUT2D eigenvalue weighted by molar-refractivity contribution is -0.109. The van der Waals surface area contributed by atoms with Gasteiger partial charge in [0.15, 0.2) is 0 Å². The van der Waals surface area contributed by atoms with Crippen molar-refractivity contribution >= 4 is 18.3 Å². The number of aromatic carboxylic acids is 1. The van der Waals surface area contributed by atoms with Crippen LogP contribution in [0.3, 0.4) is 0 Å². The number of primary amides is 1. The summed E-state index contributed by atoms with van der Waals surface area (Å²) < 4.78 is 5.40. The van der Waals surface area contributed by atoms with E-state index in [-0.39, 0.29) is 11.5 Å². The van der Waals surface area contributed by atoms with Crippen LogP contribution in [0, 0.1) is 6.92 Å². The lowest BCUT2D eigenvalue weighted by atomic mass is 9.97. The molecule has 1 aliphatic heterocycles. The lowest BCUT2D eigenvalue weighted by Gasteiger charge is -2.26. The average Bonchev–Trinajstić information content (AvgIpc) is 2.88. The molecule has 0 atom stereocenters. The topological polar surface area (TPSA) is 135 Å². The number of ether oxygens (including phenoxy) is 1. The van der Waals surface area contributed by atoms with Crippen LogP contribution in [0.4, 0.5) is 0 Å².